The number of carbonyl (C=O) groups is 3. The molecular weight excluding hydrogens is 606 g/mol. The molecule has 3 aromatic carbocycles. The molecule has 3 heterocycles. The predicted octanol–water partition coefficient (Wildman–Crippen LogP) is 6.36. The van der Waals surface area contributed by atoms with Crippen molar-refractivity contribution in [3.05, 3.63) is 103 Å². The summed E-state index contributed by atoms with van der Waals surface area (Å²) in [6.07, 6.45) is 4.82. The number of hydrogen-bond donors (Lipinski definition) is 4. The molecule has 0 saturated carbocycles. The summed E-state index contributed by atoms with van der Waals surface area (Å²) in [5.74, 6) is 0.782. The van der Waals surface area contributed by atoms with Crippen LogP contribution in [0, 0.1) is 5.92 Å². The first kappa shape index (κ1) is 32.2. The number of alkyl carbamates (subject to hydrolysis) is 1. The van der Waals surface area contributed by atoms with Gasteiger partial charge in [-0.15, -0.1) is 0 Å². The van der Waals surface area contributed by atoms with E-state index in [0.29, 0.717) is 12.5 Å². The smallest absolute Gasteiger partial charge is 0.407 e. The van der Waals surface area contributed by atoms with Crippen LogP contribution < -0.4 is 10.6 Å². The second-order valence-electron chi connectivity index (χ2n) is 12.2. The van der Waals surface area contributed by atoms with Gasteiger partial charge in [-0.3, -0.25) is 14.9 Å². The lowest BCUT2D eigenvalue weighted by Crippen LogP contribution is -2.51. The molecule has 2 aromatic heterocycles. The number of carbonyl (C=O) groups excluding carboxylic acids is 3. The number of likely N-dealkylation sites (tertiary alicyclic amines) is 1. The standard InChI is InChI=1S/C37H39N7O4/c1-23(2)33(43-37(47)48-3)35(46)44-19-7-10-31(44)34-38-21-29(40-34)27-15-11-25(12-16-27)26-13-17-28(18-14-26)30-22-39-36(41-30)42-32(45)20-24-8-5-4-6-9-24/h4-6,8-9,11-18,21-23,31,33H,7,10,19-20H2,1-3H3,(H,38,40)(H,43,47)(H2,39,41,42,45)/t31-,33-/m0/s1. The molecule has 0 aliphatic carbocycles. The molecule has 6 rings (SSSR count). The summed E-state index contributed by atoms with van der Waals surface area (Å²) in [7, 11) is 1.29. The lowest BCUT2D eigenvalue weighted by Gasteiger charge is -2.30. The van der Waals surface area contributed by atoms with E-state index in [2.05, 4.69) is 54.8 Å². The average molecular weight is 646 g/mol. The van der Waals surface area contributed by atoms with E-state index in [9.17, 15) is 14.4 Å². The topological polar surface area (TPSA) is 145 Å². The molecule has 5 aromatic rings. The van der Waals surface area contributed by atoms with Crippen LogP contribution in [0.1, 0.15) is 44.1 Å². The van der Waals surface area contributed by atoms with E-state index in [1.807, 2.05) is 73.3 Å². The Hall–Kier alpha value is -5.71. The minimum absolute atomic E-state index is 0.0947. The zero-order chi connectivity index (χ0) is 33.6. The Bertz CT molecular complexity index is 1860. The molecule has 4 N–H and O–H groups in total. The zero-order valence-corrected chi connectivity index (χ0v) is 27.2. The molecule has 2 atom stereocenters. The van der Waals surface area contributed by atoms with Crippen LogP contribution in [-0.2, 0) is 20.7 Å². The van der Waals surface area contributed by atoms with Crippen LogP contribution in [0.2, 0.25) is 0 Å². The van der Waals surface area contributed by atoms with E-state index < -0.39 is 12.1 Å². The lowest BCUT2D eigenvalue weighted by atomic mass is 10.0. The van der Waals surface area contributed by atoms with E-state index in [0.717, 1.165) is 57.9 Å². The number of benzene rings is 3. The number of nitrogens with one attached hydrogen (secondary N) is 4. The fraction of sp³-hybridized carbons (Fsp3) is 0.270. The number of aromatic nitrogens is 4. The molecule has 1 aliphatic heterocycles. The largest absolute Gasteiger partial charge is 0.453 e. The van der Waals surface area contributed by atoms with E-state index in [1.165, 1.54) is 7.11 Å². The van der Waals surface area contributed by atoms with Crippen molar-refractivity contribution in [3.63, 3.8) is 0 Å². The van der Waals surface area contributed by atoms with E-state index >= 15 is 0 Å². The highest BCUT2D eigenvalue weighted by Gasteiger charge is 2.37. The van der Waals surface area contributed by atoms with Gasteiger partial charge in [-0.2, -0.15) is 0 Å². The minimum atomic E-state index is -0.677. The monoisotopic (exact) mass is 645 g/mol. The number of methoxy groups -OCH3 is 1. The fourth-order valence-electron chi connectivity index (χ4n) is 6.02. The third-order valence-electron chi connectivity index (χ3n) is 8.60. The Morgan fingerprint density at radius 1 is 0.854 bits per heavy atom. The number of hydrogen-bond acceptors (Lipinski definition) is 6. The SMILES string of the molecule is COC(=O)N[C@H](C(=O)N1CCC[C@H]1c1ncc(-c2ccc(-c3ccc(-c4cnc(NC(=O)Cc5ccccc5)[nH]4)cc3)cc2)[nH]1)C(C)C. The molecular formula is C37H39N7O4. The molecule has 0 unspecified atom stereocenters. The van der Waals surface area contributed by atoms with Gasteiger partial charge in [-0.1, -0.05) is 92.7 Å². The number of amides is 3. The van der Waals surface area contributed by atoms with Gasteiger partial charge in [-0.05, 0) is 46.6 Å². The summed E-state index contributed by atoms with van der Waals surface area (Å²) in [6, 6.07) is 25.1. The summed E-state index contributed by atoms with van der Waals surface area (Å²) in [4.78, 5) is 55.2. The molecule has 1 aliphatic rings. The molecule has 48 heavy (non-hydrogen) atoms. The van der Waals surface area contributed by atoms with Gasteiger partial charge in [0.2, 0.25) is 17.8 Å². The maximum absolute atomic E-state index is 13.5. The number of nitrogens with zero attached hydrogens (tertiary/aromatic N) is 3. The van der Waals surface area contributed by atoms with Crippen LogP contribution in [0.3, 0.4) is 0 Å². The maximum Gasteiger partial charge on any atom is 0.407 e. The summed E-state index contributed by atoms with van der Waals surface area (Å²) in [6.45, 7) is 4.41. The van der Waals surface area contributed by atoms with Gasteiger partial charge < -0.3 is 24.9 Å². The van der Waals surface area contributed by atoms with E-state index in [4.69, 9.17) is 4.74 Å². The van der Waals surface area contributed by atoms with Crippen LogP contribution in [-0.4, -0.2) is 62.4 Å². The van der Waals surface area contributed by atoms with E-state index in [1.54, 1.807) is 12.4 Å². The highest BCUT2D eigenvalue weighted by molar-refractivity contribution is 5.91. The third-order valence-corrected chi connectivity index (χ3v) is 8.60. The van der Waals surface area contributed by atoms with Crippen molar-refractivity contribution in [3.8, 4) is 33.6 Å². The number of rotatable bonds is 10. The van der Waals surface area contributed by atoms with Gasteiger partial charge in [0.1, 0.15) is 11.9 Å². The van der Waals surface area contributed by atoms with Crippen molar-refractivity contribution >= 4 is 23.9 Å². The summed E-state index contributed by atoms with van der Waals surface area (Å²) in [5.41, 5.74) is 6.68. The van der Waals surface area contributed by atoms with Crippen LogP contribution in [0.25, 0.3) is 33.6 Å². The fourth-order valence-corrected chi connectivity index (χ4v) is 6.02. The molecule has 1 fully saturated rings. The first-order valence-corrected chi connectivity index (χ1v) is 16.1. The van der Waals surface area contributed by atoms with Gasteiger partial charge in [0.05, 0.1) is 43.4 Å². The summed E-state index contributed by atoms with van der Waals surface area (Å²) < 4.78 is 4.74. The quantitative estimate of drug-likeness (QED) is 0.139. The Kier molecular flexibility index (Phi) is 9.65. The number of aromatic amines is 2. The van der Waals surface area contributed by atoms with Crippen molar-refractivity contribution < 1.29 is 19.1 Å². The normalized spacial score (nSPS) is 14.9. The first-order chi connectivity index (χ1) is 23.3. The molecule has 3 amide bonds. The van der Waals surface area contributed by atoms with Crippen molar-refractivity contribution in [2.45, 2.75) is 45.2 Å². The third kappa shape index (κ3) is 7.30. The average Bonchev–Trinajstić information content (AvgIpc) is 3.89. The van der Waals surface area contributed by atoms with Gasteiger partial charge in [0.15, 0.2) is 0 Å². The number of ether oxygens (including phenoxy) is 1. The van der Waals surface area contributed by atoms with Crippen LogP contribution in [0.4, 0.5) is 10.7 Å². The van der Waals surface area contributed by atoms with E-state index in [-0.39, 0.29) is 30.2 Å². The highest BCUT2D eigenvalue weighted by Crippen LogP contribution is 2.33. The lowest BCUT2D eigenvalue weighted by molar-refractivity contribution is -0.135. The van der Waals surface area contributed by atoms with Crippen molar-refractivity contribution in [1.82, 2.24) is 30.2 Å². The van der Waals surface area contributed by atoms with Crippen LogP contribution in [0.5, 0.6) is 0 Å². The van der Waals surface area contributed by atoms with Gasteiger partial charge in [0.25, 0.3) is 0 Å². The molecule has 0 bridgehead atoms. The minimum Gasteiger partial charge on any atom is -0.453 e. The van der Waals surface area contributed by atoms with Crippen LogP contribution >= 0.6 is 0 Å². The molecule has 11 heteroatoms. The Labute approximate surface area is 279 Å². The molecule has 1 saturated heterocycles. The molecule has 11 nitrogen and oxygen atoms in total. The first-order valence-electron chi connectivity index (χ1n) is 16.1. The Morgan fingerprint density at radius 2 is 1.46 bits per heavy atom. The van der Waals surface area contributed by atoms with Crippen molar-refractivity contribution in [1.29, 1.82) is 0 Å². The summed E-state index contributed by atoms with van der Waals surface area (Å²) in [5, 5.41) is 5.52. The highest BCUT2D eigenvalue weighted by atomic mass is 16.5. The second kappa shape index (κ2) is 14.4. The van der Waals surface area contributed by atoms with Crippen molar-refractivity contribution in [2.24, 2.45) is 5.92 Å². The predicted molar refractivity (Wildman–Crippen MR) is 184 cm³/mol. The molecule has 246 valence electrons. The van der Waals surface area contributed by atoms with Gasteiger partial charge in [-0.25, -0.2) is 14.8 Å². The number of H-pyrrole nitrogens is 2. The molecule has 0 spiro atoms. The molecule has 0 radical (unpaired) electrons. The number of imidazole rings is 2. The maximum atomic E-state index is 13.5. The van der Waals surface area contributed by atoms with Gasteiger partial charge in [0, 0.05) is 6.54 Å². The van der Waals surface area contributed by atoms with Crippen molar-refractivity contribution in [2.75, 3.05) is 19.0 Å². The Balaban J connectivity index is 1.09. The summed E-state index contributed by atoms with van der Waals surface area (Å²) >= 11 is 0. The number of anilines is 1. The Morgan fingerprint density at radius 3 is 2.08 bits per heavy atom. The van der Waals surface area contributed by atoms with Crippen LogP contribution in [0.15, 0.2) is 91.3 Å². The second-order valence-corrected chi connectivity index (χ2v) is 12.2. The van der Waals surface area contributed by atoms with Gasteiger partial charge >= 0.3 is 6.09 Å². The zero-order valence-electron chi connectivity index (χ0n) is 27.2.